The van der Waals surface area contributed by atoms with Gasteiger partial charge in [0.15, 0.2) is 5.60 Å². The van der Waals surface area contributed by atoms with Crippen LogP contribution in [0.3, 0.4) is 0 Å². The fourth-order valence-electron chi connectivity index (χ4n) is 2.83. The molecule has 0 amide bonds. The Balaban J connectivity index is 1.92. The predicted molar refractivity (Wildman–Crippen MR) is 67.5 cm³/mol. The van der Waals surface area contributed by atoms with Crippen molar-refractivity contribution in [3.05, 3.63) is 11.8 Å². The molecule has 1 saturated carbocycles. The maximum Gasteiger partial charge on any atom is 0.333 e. The molecule has 1 heterocycles. The lowest BCUT2D eigenvalue weighted by Gasteiger charge is -2.34. The van der Waals surface area contributed by atoms with Crippen LogP contribution in [0.15, 0.2) is 11.8 Å². The molecule has 0 aromatic carbocycles. The molecule has 0 saturated heterocycles. The first kappa shape index (κ1) is 12.5. The molecule has 1 spiro atoms. The van der Waals surface area contributed by atoms with Gasteiger partial charge >= 0.3 is 5.97 Å². The first-order valence-electron chi connectivity index (χ1n) is 6.96. The molecule has 1 N–H and O–H groups in total. The molecule has 0 unspecified atom stereocenters. The lowest BCUT2D eigenvalue weighted by Crippen LogP contribution is -2.40. The SMILES string of the molecule is CCCCCNC1=CC(=O)OC12CCCCC2. The monoisotopic (exact) mass is 237 g/mol. The van der Waals surface area contributed by atoms with Crippen molar-refractivity contribution in [2.75, 3.05) is 6.54 Å². The van der Waals surface area contributed by atoms with Crippen molar-refractivity contribution in [1.82, 2.24) is 5.32 Å². The highest BCUT2D eigenvalue weighted by Crippen LogP contribution is 2.39. The van der Waals surface area contributed by atoms with E-state index in [2.05, 4.69) is 12.2 Å². The molecule has 1 fully saturated rings. The van der Waals surface area contributed by atoms with Crippen molar-refractivity contribution in [1.29, 1.82) is 0 Å². The van der Waals surface area contributed by atoms with Gasteiger partial charge in [0.25, 0.3) is 0 Å². The Kier molecular flexibility index (Phi) is 4.08. The largest absolute Gasteiger partial charge is 0.449 e. The Morgan fingerprint density at radius 2 is 2.06 bits per heavy atom. The quantitative estimate of drug-likeness (QED) is 0.590. The Hall–Kier alpha value is -0.990. The first-order valence-corrected chi connectivity index (χ1v) is 6.96. The normalized spacial score (nSPS) is 22.4. The molecule has 1 aliphatic carbocycles. The van der Waals surface area contributed by atoms with Gasteiger partial charge in [-0.3, -0.25) is 0 Å². The van der Waals surface area contributed by atoms with Gasteiger partial charge in [-0.15, -0.1) is 0 Å². The molecule has 0 atom stereocenters. The molecule has 17 heavy (non-hydrogen) atoms. The fraction of sp³-hybridized carbons (Fsp3) is 0.786. The first-order chi connectivity index (χ1) is 8.27. The van der Waals surface area contributed by atoms with E-state index in [1.165, 1.54) is 32.1 Å². The van der Waals surface area contributed by atoms with Crippen LogP contribution < -0.4 is 5.32 Å². The summed E-state index contributed by atoms with van der Waals surface area (Å²) in [7, 11) is 0. The van der Waals surface area contributed by atoms with Crippen LogP contribution in [-0.2, 0) is 9.53 Å². The smallest absolute Gasteiger partial charge is 0.333 e. The number of carbonyl (C=O) groups is 1. The standard InChI is InChI=1S/C14H23NO2/c1-2-3-7-10-15-12-11-13(16)17-14(12)8-5-4-6-9-14/h11,15H,2-10H2,1H3. The summed E-state index contributed by atoms with van der Waals surface area (Å²) in [6.07, 6.45) is 10.9. The molecule has 0 radical (unpaired) electrons. The van der Waals surface area contributed by atoms with Crippen LogP contribution in [0.4, 0.5) is 0 Å². The van der Waals surface area contributed by atoms with Crippen LogP contribution in [0.25, 0.3) is 0 Å². The summed E-state index contributed by atoms with van der Waals surface area (Å²) in [5.74, 6) is -0.162. The maximum absolute atomic E-state index is 11.5. The van der Waals surface area contributed by atoms with Gasteiger partial charge in [-0.25, -0.2) is 4.79 Å². The number of hydrogen-bond acceptors (Lipinski definition) is 3. The highest BCUT2D eigenvalue weighted by atomic mass is 16.6. The van der Waals surface area contributed by atoms with E-state index in [-0.39, 0.29) is 11.6 Å². The van der Waals surface area contributed by atoms with E-state index < -0.39 is 0 Å². The predicted octanol–water partition coefficient (Wildman–Crippen LogP) is 2.91. The van der Waals surface area contributed by atoms with Crippen LogP contribution in [0.5, 0.6) is 0 Å². The molecule has 3 heteroatoms. The zero-order valence-electron chi connectivity index (χ0n) is 10.8. The van der Waals surface area contributed by atoms with Crippen LogP contribution in [0, 0.1) is 0 Å². The maximum atomic E-state index is 11.5. The highest BCUT2D eigenvalue weighted by Gasteiger charge is 2.43. The van der Waals surface area contributed by atoms with E-state index in [4.69, 9.17) is 4.74 Å². The minimum Gasteiger partial charge on any atom is -0.449 e. The van der Waals surface area contributed by atoms with Crippen LogP contribution in [-0.4, -0.2) is 18.1 Å². The molecular formula is C14H23NO2. The van der Waals surface area contributed by atoms with Gasteiger partial charge in [-0.1, -0.05) is 26.2 Å². The molecule has 1 aliphatic heterocycles. The Labute approximate surface area is 104 Å². The summed E-state index contributed by atoms with van der Waals surface area (Å²) >= 11 is 0. The van der Waals surface area contributed by atoms with Crippen molar-refractivity contribution in [3.63, 3.8) is 0 Å². The third-order valence-corrected chi connectivity index (χ3v) is 3.81. The summed E-state index contributed by atoms with van der Waals surface area (Å²) in [5, 5.41) is 3.42. The highest BCUT2D eigenvalue weighted by molar-refractivity contribution is 5.86. The van der Waals surface area contributed by atoms with Crippen LogP contribution in [0.1, 0.15) is 58.3 Å². The van der Waals surface area contributed by atoms with Crippen molar-refractivity contribution < 1.29 is 9.53 Å². The molecular weight excluding hydrogens is 214 g/mol. The molecule has 0 bridgehead atoms. The summed E-state index contributed by atoms with van der Waals surface area (Å²) < 4.78 is 5.57. The molecule has 96 valence electrons. The molecule has 0 aromatic heterocycles. The Bertz CT molecular complexity index is 303. The number of rotatable bonds is 5. The Morgan fingerprint density at radius 1 is 1.29 bits per heavy atom. The molecule has 2 aliphatic rings. The van der Waals surface area contributed by atoms with E-state index in [1.54, 1.807) is 6.08 Å². The minimum atomic E-state index is -0.290. The average molecular weight is 237 g/mol. The lowest BCUT2D eigenvalue weighted by atomic mass is 9.83. The van der Waals surface area contributed by atoms with Crippen LogP contribution in [0.2, 0.25) is 0 Å². The van der Waals surface area contributed by atoms with Gasteiger partial charge in [-0.2, -0.15) is 0 Å². The Morgan fingerprint density at radius 3 is 2.76 bits per heavy atom. The van der Waals surface area contributed by atoms with Gasteiger partial charge in [0, 0.05) is 12.6 Å². The number of nitrogens with one attached hydrogen (secondary N) is 1. The summed E-state index contributed by atoms with van der Waals surface area (Å²) in [5.41, 5.74) is 0.750. The molecule has 2 rings (SSSR count). The van der Waals surface area contributed by atoms with Crippen LogP contribution >= 0.6 is 0 Å². The van der Waals surface area contributed by atoms with Crippen molar-refractivity contribution >= 4 is 5.97 Å². The van der Waals surface area contributed by atoms with E-state index in [0.717, 1.165) is 31.5 Å². The van der Waals surface area contributed by atoms with Crippen molar-refractivity contribution in [2.24, 2.45) is 0 Å². The van der Waals surface area contributed by atoms with E-state index in [0.29, 0.717) is 0 Å². The molecule has 3 nitrogen and oxygen atoms in total. The third kappa shape index (κ3) is 2.82. The summed E-state index contributed by atoms with van der Waals surface area (Å²) in [6.45, 7) is 3.15. The molecule has 0 aromatic rings. The number of esters is 1. The summed E-state index contributed by atoms with van der Waals surface area (Å²) in [4.78, 5) is 11.5. The number of unbranched alkanes of at least 4 members (excludes halogenated alkanes) is 2. The van der Waals surface area contributed by atoms with Gasteiger partial charge in [0.2, 0.25) is 0 Å². The third-order valence-electron chi connectivity index (χ3n) is 3.81. The zero-order chi connectivity index (χ0) is 12.1. The lowest BCUT2D eigenvalue weighted by molar-refractivity contribution is -0.148. The van der Waals surface area contributed by atoms with Crippen molar-refractivity contribution in [3.8, 4) is 0 Å². The fourth-order valence-corrected chi connectivity index (χ4v) is 2.83. The van der Waals surface area contributed by atoms with Gasteiger partial charge in [0.1, 0.15) is 0 Å². The van der Waals surface area contributed by atoms with E-state index >= 15 is 0 Å². The summed E-state index contributed by atoms with van der Waals surface area (Å²) in [6, 6.07) is 0. The zero-order valence-corrected chi connectivity index (χ0v) is 10.8. The van der Waals surface area contributed by atoms with Crippen molar-refractivity contribution in [2.45, 2.75) is 63.9 Å². The second-order valence-corrected chi connectivity index (χ2v) is 5.17. The second-order valence-electron chi connectivity index (χ2n) is 5.17. The minimum absolute atomic E-state index is 0.162. The average Bonchev–Trinajstić information content (AvgIpc) is 2.62. The topological polar surface area (TPSA) is 38.3 Å². The van der Waals surface area contributed by atoms with E-state index in [9.17, 15) is 4.79 Å². The second kappa shape index (κ2) is 5.56. The number of ether oxygens (including phenoxy) is 1. The number of hydrogen-bond donors (Lipinski definition) is 1. The van der Waals surface area contributed by atoms with Gasteiger partial charge in [-0.05, 0) is 32.1 Å². The van der Waals surface area contributed by atoms with Gasteiger partial charge < -0.3 is 10.1 Å². The number of carbonyl (C=O) groups excluding carboxylic acids is 1. The van der Waals surface area contributed by atoms with E-state index in [1.807, 2.05) is 0 Å². The van der Waals surface area contributed by atoms with Gasteiger partial charge in [0.05, 0.1) is 5.70 Å².